The minimum atomic E-state index is 0.0585. The quantitative estimate of drug-likeness (QED) is 0.341. The summed E-state index contributed by atoms with van der Waals surface area (Å²) in [5.41, 5.74) is 4.29. The van der Waals surface area contributed by atoms with Crippen LogP contribution in [0, 0.1) is 0 Å². The van der Waals surface area contributed by atoms with E-state index in [4.69, 9.17) is 9.72 Å². The summed E-state index contributed by atoms with van der Waals surface area (Å²) in [7, 11) is 0. The Balaban J connectivity index is 1.48. The molecule has 31 heavy (non-hydrogen) atoms. The zero-order valence-corrected chi connectivity index (χ0v) is 18.3. The van der Waals surface area contributed by atoms with Gasteiger partial charge in [0.25, 0.3) is 5.56 Å². The second-order valence-corrected chi connectivity index (χ2v) is 8.64. The Kier molecular flexibility index (Phi) is 5.43. The number of thiophene rings is 1. The van der Waals surface area contributed by atoms with E-state index in [0.29, 0.717) is 6.54 Å². The van der Waals surface area contributed by atoms with E-state index in [1.54, 1.807) is 11.3 Å². The molecular formula is C26H24N2O2S. The molecule has 1 aliphatic heterocycles. The first-order valence-electron chi connectivity index (χ1n) is 10.8. The van der Waals surface area contributed by atoms with Crippen molar-refractivity contribution in [1.29, 1.82) is 0 Å². The zero-order valence-electron chi connectivity index (χ0n) is 17.5. The van der Waals surface area contributed by atoms with Gasteiger partial charge in [-0.1, -0.05) is 55.8 Å². The fourth-order valence-electron chi connectivity index (χ4n) is 3.98. The molecule has 2 aromatic heterocycles. The van der Waals surface area contributed by atoms with E-state index in [1.165, 1.54) is 0 Å². The third-order valence-electron chi connectivity index (χ3n) is 5.66. The third kappa shape index (κ3) is 3.81. The molecule has 0 atom stereocenters. The second kappa shape index (κ2) is 8.52. The summed E-state index contributed by atoms with van der Waals surface area (Å²) in [4.78, 5) is 19.0. The van der Waals surface area contributed by atoms with Crippen molar-refractivity contribution in [2.45, 2.75) is 32.7 Å². The van der Waals surface area contributed by atoms with Gasteiger partial charge in [0.15, 0.2) is 0 Å². The summed E-state index contributed by atoms with van der Waals surface area (Å²) in [6, 6.07) is 18.2. The van der Waals surface area contributed by atoms with Crippen LogP contribution in [-0.4, -0.2) is 16.2 Å². The molecule has 0 amide bonds. The molecule has 4 aromatic rings. The summed E-state index contributed by atoms with van der Waals surface area (Å²) in [6.07, 6.45) is 5.14. The van der Waals surface area contributed by atoms with Crippen LogP contribution in [0.25, 0.3) is 33.0 Å². The predicted molar refractivity (Wildman–Crippen MR) is 129 cm³/mol. The number of fused-ring (bicyclic) bond motifs is 2. The average Bonchev–Trinajstić information content (AvgIpc) is 3.41. The Bertz CT molecular complexity index is 1300. The fourth-order valence-corrected chi connectivity index (χ4v) is 4.92. The molecule has 1 aliphatic rings. The molecule has 0 N–H and O–H groups in total. The normalized spacial score (nSPS) is 14.3. The van der Waals surface area contributed by atoms with Gasteiger partial charge in [0, 0.05) is 17.5 Å². The Morgan fingerprint density at radius 1 is 1.13 bits per heavy atom. The molecule has 156 valence electrons. The first kappa shape index (κ1) is 19.8. The molecule has 0 aliphatic carbocycles. The van der Waals surface area contributed by atoms with Gasteiger partial charge in [-0.3, -0.25) is 9.36 Å². The lowest BCUT2D eigenvalue weighted by atomic mass is 10.1. The standard InChI is InChI=1S/C26H24N2O2S/c1-2-3-15-30-21-11-9-18(10-12-21)16-20-13-14-28-24(20)27-25-23(26(28)29)22(17-31-25)19-7-5-4-6-8-19/h4-12,16-17H,2-3,13-15H2,1H3/b20-16-. The van der Waals surface area contributed by atoms with Gasteiger partial charge < -0.3 is 4.74 Å². The highest BCUT2D eigenvalue weighted by Gasteiger charge is 2.23. The molecule has 0 saturated heterocycles. The van der Waals surface area contributed by atoms with Crippen molar-refractivity contribution in [3.8, 4) is 16.9 Å². The Morgan fingerprint density at radius 3 is 2.71 bits per heavy atom. The largest absolute Gasteiger partial charge is 0.494 e. The Labute approximate surface area is 185 Å². The maximum Gasteiger partial charge on any atom is 0.263 e. The van der Waals surface area contributed by atoms with Crippen LogP contribution in [0.5, 0.6) is 5.75 Å². The smallest absolute Gasteiger partial charge is 0.263 e. The van der Waals surface area contributed by atoms with Gasteiger partial charge in [-0.15, -0.1) is 11.3 Å². The lowest BCUT2D eigenvalue weighted by molar-refractivity contribution is 0.309. The summed E-state index contributed by atoms with van der Waals surface area (Å²) >= 11 is 1.54. The van der Waals surface area contributed by atoms with Crippen LogP contribution >= 0.6 is 11.3 Å². The lowest BCUT2D eigenvalue weighted by Crippen LogP contribution is -2.20. The van der Waals surface area contributed by atoms with Crippen LogP contribution in [0.15, 0.2) is 64.8 Å². The molecule has 5 rings (SSSR count). The summed E-state index contributed by atoms with van der Waals surface area (Å²) in [5, 5.41) is 2.78. The van der Waals surface area contributed by atoms with Crippen LogP contribution in [-0.2, 0) is 6.54 Å². The minimum Gasteiger partial charge on any atom is -0.494 e. The topological polar surface area (TPSA) is 44.1 Å². The number of benzene rings is 2. The highest BCUT2D eigenvalue weighted by molar-refractivity contribution is 7.17. The van der Waals surface area contributed by atoms with Gasteiger partial charge in [0.1, 0.15) is 16.4 Å². The van der Waals surface area contributed by atoms with Gasteiger partial charge in [0.2, 0.25) is 0 Å². The molecule has 0 unspecified atom stereocenters. The monoisotopic (exact) mass is 428 g/mol. The first-order valence-corrected chi connectivity index (χ1v) is 11.6. The van der Waals surface area contributed by atoms with E-state index in [2.05, 4.69) is 25.1 Å². The van der Waals surface area contributed by atoms with Crippen molar-refractivity contribution < 1.29 is 4.74 Å². The molecule has 4 nitrogen and oxygen atoms in total. The highest BCUT2D eigenvalue weighted by atomic mass is 32.1. The van der Waals surface area contributed by atoms with Crippen LogP contribution < -0.4 is 10.3 Å². The Hall–Kier alpha value is -3.18. The van der Waals surface area contributed by atoms with Gasteiger partial charge in [-0.25, -0.2) is 4.98 Å². The fraction of sp³-hybridized carbons (Fsp3) is 0.231. The molecule has 2 aromatic carbocycles. The minimum absolute atomic E-state index is 0.0585. The summed E-state index contributed by atoms with van der Waals surface area (Å²) < 4.78 is 7.58. The van der Waals surface area contributed by atoms with Crippen molar-refractivity contribution in [2.75, 3.05) is 6.61 Å². The second-order valence-electron chi connectivity index (χ2n) is 7.78. The third-order valence-corrected chi connectivity index (χ3v) is 6.53. The van der Waals surface area contributed by atoms with Crippen molar-refractivity contribution >= 4 is 33.2 Å². The van der Waals surface area contributed by atoms with Crippen LogP contribution in [0.3, 0.4) is 0 Å². The number of hydrogen-bond acceptors (Lipinski definition) is 4. The number of unbranched alkanes of at least 4 members (excludes halogenated alkanes) is 1. The molecule has 3 heterocycles. The molecule has 0 fully saturated rings. The molecular weight excluding hydrogens is 404 g/mol. The number of hydrogen-bond donors (Lipinski definition) is 0. The van der Waals surface area contributed by atoms with E-state index in [-0.39, 0.29) is 5.56 Å². The molecule has 0 spiro atoms. The number of aromatic nitrogens is 2. The molecule has 5 heteroatoms. The Morgan fingerprint density at radius 2 is 1.94 bits per heavy atom. The number of ether oxygens (including phenoxy) is 1. The number of nitrogens with zero attached hydrogens (tertiary/aromatic N) is 2. The number of allylic oxidation sites excluding steroid dienone is 1. The summed E-state index contributed by atoms with van der Waals surface area (Å²) in [5.74, 6) is 1.69. The maximum atomic E-state index is 13.3. The van der Waals surface area contributed by atoms with E-state index in [1.807, 2.05) is 52.4 Å². The van der Waals surface area contributed by atoms with Gasteiger partial charge in [-0.05, 0) is 47.8 Å². The summed E-state index contributed by atoms with van der Waals surface area (Å²) in [6.45, 7) is 3.58. The van der Waals surface area contributed by atoms with Gasteiger partial charge in [0.05, 0.1) is 12.0 Å². The van der Waals surface area contributed by atoms with E-state index in [0.717, 1.165) is 69.9 Å². The molecule has 0 bridgehead atoms. The van der Waals surface area contributed by atoms with Gasteiger partial charge >= 0.3 is 0 Å². The van der Waals surface area contributed by atoms with Crippen LogP contribution in [0.1, 0.15) is 37.6 Å². The van der Waals surface area contributed by atoms with E-state index in [9.17, 15) is 4.79 Å². The lowest BCUT2D eigenvalue weighted by Gasteiger charge is -2.06. The number of rotatable bonds is 6. The zero-order chi connectivity index (χ0) is 21.2. The van der Waals surface area contributed by atoms with Crippen molar-refractivity contribution in [3.05, 3.63) is 81.7 Å². The molecule has 0 radical (unpaired) electrons. The first-order chi connectivity index (χ1) is 15.2. The van der Waals surface area contributed by atoms with Crippen molar-refractivity contribution in [2.24, 2.45) is 0 Å². The SMILES string of the molecule is CCCCOc1ccc(/C=C2/CCn3c2nc2scc(-c4ccccc4)c2c3=O)cc1. The highest BCUT2D eigenvalue weighted by Crippen LogP contribution is 2.34. The predicted octanol–water partition coefficient (Wildman–Crippen LogP) is 6.25. The average molecular weight is 429 g/mol. The van der Waals surface area contributed by atoms with E-state index < -0.39 is 0 Å². The van der Waals surface area contributed by atoms with Crippen LogP contribution in [0.2, 0.25) is 0 Å². The van der Waals surface area contributed by atoms with Crippen molar-refractivity contribution in [1.82, 2.24) is 9.55 Å². The maximum absolute atomic E-state index is 13.3. The van der Waals surface area contributed by atoms with E-state index >= 15 is 0 Å². The molecule has 0 saturated carbocycles. The van der Waals surface area contributed by atoms with Gasteiger partial charge in [-0.2, -0.15) is 0 Å². The van der Waals surface area contributed by atoms with Crippen LogP contribution in [0.4, 0.5) is 0 Å². The van der Waals surface area contributed by atoms with Crippen molar-refractivity contribution in [3.63, 3.8) is 0 Å².